The first-order valence-corrected chi connectivity index (χ1v) is 18.4. The van der Waals surface area contributed by atoms with Gasteiger partial charge >= 0.3 is 0 Å². The van der Waals surface area contributed by atoms with Gasteiger partial charge in [0, 0.05) is 24.1 Å². The molecule has 0 radical (unpaired) electrons. The lowest BCUT2D eigenvalue weighted by atomic mass is 10.0. The highest BCUT2D eigenvalue weighted by molar-refractivity contribution is 7.20. The van der Waals surface area contributed by atoms with Crippen LogP contribution in [0.25, 0.3) is 10.2 Å². The molecule has 3 heterocycles. The van der Waals surface area contributed by atoms with E-state index in [-0.39, 0.29) is 24.8 Å². The number of carbonyl (C=O) groups is 3. The van der Waals surface area contributed by atoms with Gasteiger partial charge in [-0.05, 0) is 74.6 Å². The number of aromatic nitrogens is 1. The van der Waals surface area contributed by atoms with Crippen molar-refractivity contribution in [3.63, 3.8) is 0 Å². The average Bonchev–Trinajstić information content (AvgIpc) is 3.44. The quantitative estimate of drug-likeness (QED) is 0.151. The van der Waals surface area contributed by atoms with Crippen LogP contribution in [0.5, 0.6) is 16.7 Å². The van der Waals surface area contributed by atoms with E-state index < -0.39 is 35.5 Å². The average molecular weight is 710 g/mol. The molecule has 0 spiro atoms. The summed E-state index contributed by atoms with van der Waals surface area (Å²) < 4.78 is 12.8. The fraction of sp³-hybridized carbons (Fsp3) is 0.385. The minimum atomic E-state index is -1.21. The highest BCUT2D eigenvalue weighted by atomic mass is 32.1. The molecule has 4 aromatic rings. The Balaban J connectivity index is 1.17. The third-order valence-electron chi connectivity index (χ3n) is 9.85. The zero-order valence-corrected chi connectivity index (χ0v) is 29.6. The molecule has 3 N–H and O–H groups in total. The largest absolute Gasteiger partial charge is 0.497 e. The summed E-state index contributed by atoms with van der Waals surface area (Å²) in [6.45, 7) is 2.23. The van der Waals surface area contributed by atoms with Crippen LogP contribution in [-0.4, -0.2) is 65.0 Å². The summed E-state index contributed by atoms with van der Waals surface area (Å²) in [5.74, 6) is -0.106. The lowest BCUT2D eigenvalue weighted by Gasteiger charge is -2.30. The maximum absolute atomic E-state index is 14.6. The minimum Gasteiger partial charge on any atom is -0.497 e. The first-order chi connectivity index (χ1) is 24.8. The Hall–Kier alpha value is -5.10. The maximum atomic E-state index is 14.6. The second kappa shape index (κ2) is 15.0. The van der Waals surface area contributed by atoms with E-state index >= 15 is 0 Å². The number of carbonyl (C=O) groups excluding carboxylic acids is 3. The van der Waals surface area contributed by atoms with Crippen LogP contribution in [0, 0.1) is 12.8 Å². The standard InChI is InChI=1S/C39H43N5O6S/c1-25-18-19-31-34(20-25)51-38(41-31)49-30-22-33-35(45)42-39(37(47)43-50-28-14-8-6-9-15-28)23-26(39)12-7-4-3-5-10-17-32(36(46)44(33)24-30)40-27-13-11-16-29(21-27)48-2/h6-9,11-16,18-21,26,30,32-33,40H,3-5,10,17,22-24H2,1-2H3,(H,42,45)(H,43,47)/t26-,30-,32+,33+,39-/m1/s1. The number of para-hydroxylation sites is 1. The molecule has 11 nitrogen and oxygen atoms in total. The lowest BCUT2D eigenvalue weighted by Crippen LogP contribution is -2.57. The number of fused-ring (bicyclic) bond motifs is 3. The molecule has 266 valence electrons. The van der Waals surface area contributed by atoms with Crippen LogP contribution in [0.1, 0.15) is 50.5 Å². The molecule has 3 aromatic carbocycles. The van der Waals surface area contributed by atoms with Crippen molar-refractivity contribution in [2.75, 3.05) is 19.0 Å². The molecule has 1 aliphatic carbocycles. The van der Waals surface area contributed by atoms with Crippen LogP contribution < -0.4 is 30.4 Å². The number of allylic oxidation sites excluding steroid dienone is 1. The Labute approximate surface area is 301 Å². The van der Waals surface area contributed by atoms with Crippen molar-refractivity contribution in [2.45, 2.75) is 75.6 Å². The molecular formula is C39H43N5O6S. The van der Waals surface area contributed by atoms with E-state index in [1.807, 2.05) is 67.6 Å². The summed E-state index contributed by atoms with van der Waals surface area (Å²) in [4.78, 5) is 54.6. The number of ether oxygens (including phenoxy) is 2. The topological polar surface area (TPSA) is 131 Å². The fourth-order valence-corrected chi connectivity index (χ4v) is 7.95. The van der Waals surface area contributed by atoms with Crippen molar-refractivity contribution in [2.24, 2.45) is 5.92 Å². The van der Waals surface area contributed by atoms with E-state index in [0.29, 0.717) is 29.5 Å². The van der Waals surface area contributed by atoms with Gasteiger partial charge in [0.2, 0.25) is 11.8 Å². The zero-order valence-electron chi connectivity index (χ0n) is 28.8. The number of methoxy groups -OCH3 is 1. The van der Waals surface area contributed by atoms with Gasteiger partial charge in [0.15, 0.2) is 5.75 Å². The number of thiazole rings is 1. The van der Waals surface area contributed by atoms with E-state index in [1.165, 1.54) is 11.3 Å². The number of aryl methyl sites for hydroxylation is 1. The number of hydrogen-bond acceptors (Lipinski definition) is 9. The normalized spacial score (nSPS) is 25.1. The molecule has 1 saturated carbocycles. The highest BCUT2D eigenvalue weighted by Crippen LogP contribution is 2.45. The van der Waals surface area contributed by atoms with Gasteiger partial charge in [-0.2, -0.15) is 5.48 Å². The molecular weight excluding hydrogens is 667 g/mol. The third-order valence-corrected chi connectivity index (χ3v) is 10.8. The highest BCUT2D eigenvalue weighted by Gasteiger charge is 2.61. The number of anilines is 1. The number of hydrogen-bond donors (Lipinski definition) is 3. The smallest absolute Gasteiger partial charge is 0.278 e. The van der Waals surface area contributed by atoms with Gasteiger partial charge in [-0.25, -0.2) is 4.98 Å². The summed E-state index contributed by atoms with van der Waals surface area (Å²) in [7, 11) is 1.61. The Bertz CT molecular complexity index is 1920. The van der Waals surface area contributed by atoms with Crippen molar-refractivity contribution >= 4 is 45.0 Å². The molecule has 7 rings (SSSR count). The Morgan fingerprint density at radius 2 is 1.86 bits per heavy atom. The lowest BCUT2D eigenvalue weighted by molar-refractivity contribution is -0.141. The van der Waals surface area contributed by atoms with Crippen LogP contribution in [0.3, 0.4) is 0 Å². The molecule has 0 bridgehead atoms. The predicted octanol–water partition coefficient (Wildman–Crippen LogP) is 5.95. The molecule has 1 aromatic heterocycles. The Morgan fingerprint density at radius 3 is 2.71 bits per heavy atom. The number of nitrogens with zero attached hydrogens (tertiary/aromatic N) is 2. The molecule has 3 aliphatic rings. The first kappa shape index (κ1) is 34.4. The van der Waals surface area contributed by atoms with E-state index in [9.17, 15) is 14.4 Å². The minimum absolute atomic E-state index is 0.196. The van der Waals surface area contributed by atoms with E-state index in [4.69, 9.17) is 14.3 Å². The molecule has 3 amide bonds. The molecule has 12 heteroatoms. The number of benzene rings is 3. The van der Waals surface area contributed by atoms with Crippen LogP contribution >= 0.6 is 11.3 Å². The molecule has 2 fully saturated rings. The number of amides is 3. The molecule has 51 heavy (non-hydrogen) atoms. The van der Waals surface area contributed by atoms with Crippen molar-refractivity contribution in [1.29, 1.82) is 0 Å². The molecule has 2 aliphatic heterocycles. The Kier molecular flexibility index (Phi) is 10.1. The predicted molar refractivity (Wildman–Crippen MR) is 196 cm³/mol. The SMILES string of the molecule is COc1cccc(N[C@H]2CCCCCC=C[C@@H]3C[C@@]3(C(=O)NOc3ccccc3)NC(=O)[C@@H]3C[C@@H](Oc4nc5ccc(C)cc5s4)CN3C2=O)c1. The van der Waals surface area contributed by atoms with Crippen molar-refractivity contribution in [1.82, 2.24) is 20.7 Å². The van der Waals surface area contributed by atoms with Crippen LogP contribution in [0.4, 0.5) is 5.69 Å². The summed E-state index contributed by atoms with van der Waals surface area (Å²) in [5.41, 5.74) is 4.07. The molecule has 1 saturated heterocycles. The first-order valence-electron chi connectivity index (χ1n) is 17.6. The number of hydroxylamine groups is 1. The fourth-order valence-electron chi connectivity index (χ4n) is 6.97. The second-order valence-corrected chi connectivity index (χ2v) is 14.5. The van der Waals surface area contributed by atoms with Gasteiger partial charge in [0.25, 0.3) is 11.1 Å². The maximum Gasteiger partial charge on any atom is 0.278 e. The van der Waals surface area contributed by atoms with Gasteiger partial charge in [0.1, 0.15) is 29.5 Å². The van der Waals surface area contributed by atoms with Crippen LogP contribution in [0.15, 0.2) is 84.9 Å². The van der Waals surface area contributed by atoms with Gasteiger partial charge in [-0.15, -0.1) is 0 Å². The van der Waals surface area contributed by atoms with E-state index in [0.717, 1.165) is 47.2 Å². The molecule has 5 atom stereocenters. The van der Waals surface area contributed by atoms with Crippen molar-refractivity contribution < 1.29 is 28.7 Å². The van der Waals surface area contributed by atoms with Crippen molar-refractivity contribution in [3.8, 4) is 16.7 Å². The van der Waals surface area contributed by atoms with E-state index in [1.54, 1.807) is 24.1 Å². The second-order valence-electron chi connectivity index (χ2n) is 13.5. The Morgan fingerprint density at radius 1 is 1.02 bits per heavy atom. The monoisotopic (exact) mass is 709 g/mol. The summed E-state index contributed by atoms with van der Waals surface area (Å²) >= 11 is 1.44. The third kappa shape index (κ3) is 7.80. The summed E-state index contributed by atoms with van der Waals surface area (Å²) in [6.07, 6.45) is 8.41. The number of nitrogens with one attached hydrogen (secondary N) is 3. The van der Waals surface area contributed by atoms with Gasteiger partial charge in [-0.3, -0.25) is 14.4 Å². The zero-order chi connectivity index (χ0) is 35.4. The van der Waals surface area contributed by atoms with Crippen LogP contribution in [-0.2, 0) is 14.4 Å². The van der Waals surface area contributed by atoms with Gasteiger partial charge < -0.3 is 29.8 Å². The molecule has 0 unspecified atom stereocenters. The van der Waals surface area contributed by atoms with E-state index in [2.05, 4.69) is 33.2 Å². The number of rotatable bonds is 8. The van der Waals surface area contributed by atoms with Crippen LogP contribution in [0.2, 0.25) is 0 Å². The summed E-state index contributed by atoms with van der Waals surface area (Å²) in [5, 5.41) is 7.00. The summed E-state index contributed by atoms with van der Waals surface area (Å²) in [6, 6.07) is 21.0. The van der Waals surface area contributed by atoms with Crippen molar-refractivity contribution in [3.05, 3.63) is 90.5 Å². The van der Waals surface area contributed by atoms with Gasteiger partial charge in [0.05, 0.1) is 23.9 Å². The van der Waals surface area contributed by atoms with Gasteiger partial charge in [-0.1, -0.05) is 66.7 Å².